The van der Waals surface area contributed by atoms with E-state index < -0.39 is 22.0 Å². The van der Waals surface area contributed by atoms with Gasteiger partial charge in [0.25, 0.3) is 0 Å². The topological polar surface area (TPSA) is 90.8 Å². The second-order valence-corrected chi connectivity index (χ2v) is 6.66. The van der Waals surface area contributed by atoms with Crippen molar-refractivity contribution in [1.82, 2.24) is 9.29 Å². The van der Waals surface area contributed by atoms with Crippen molar-refractivity contribution in [1.29, 1.82) is 0 Å². The molecule has 1 N–H and O–H groups in total. The summed E-state index contributed by atoms with van der Waals surface area (Å²) in [4.78, 5) is 16.7. The number of nitrogens with zero attached hydrogens (tertiary/aromatic N) is 3. The van der Waals surface area contributed by atoms with Crippen molar-refractivity contribution in [2.75, 3.05) is 26.0 Å². The van der Waals surface area contributed by atoms with Crippen LogP contribution in [-0.2, 0) is 14.8 Å². The maximum atomic E-state index is 11.9. The molecule has 0 aromatic carbocycles. The number of likely N-dealkylation sites (N-methyl/N-ethyl adjacent to an activating group) is 1. The summed E-state index contributed by atoms with van der Waals surface area (Å²) in [7, 11) is 0.965. The predicted octanol–water partition coefficient (Wildman–Crippen LogP) is 0.631. The Morgan fingerprint density at radius 3 is 2.30 bits per heavy atom. The zero-order chi connectivity index (χ0) is 15.5. The van der Waals surface area contributed by atoms with Gasteiger partial charge in [-0.05, 0) is 18.6 Å². The van der Waals surface area contributed by atoms with Gasteiger partial charge in [-0.2, -0.15) is 0 Å². The highest BCUT2D eigenvalue weighted by molar-refractivity contribution is 7.89. The normalized spacial score (nSPS) is 13.2. The van der Waals surface area contributed by atoms with Crippen LogP contribution in [0.3, 0.4) is 0 Å². The first-order valence-corrected chi connectivity index (χ1v) is 7.50. The quantitative estimate of drug-likeness (QED) is 0.829. The van der Waals surface area contributed by atoms with E-state index in [1.807, 2.05) is 0 Å². The number of hydrogen-bond acceptors (Lipinski definition) is 5. The molecule has 0 amide bonds. The number of carboxylic acid groups (broad SMARTS) is 1. The van der Waals surface area contributed by atoms with Crippen LogP contribution in [0.15, 0.2) is 23.2 Å². The van der Waals surface area contributed by atoms with Gasteiger partial charge in [0.2, 0.25) is 10.0 Å². The van der Waals surface area contributed by atoms with Crippen LogP contribution in [0.4, 0.5) is 5.82 Å². The van der Waals surface area contributed by atoms with Crippen molar-refractivity contribution >= 4 is 21.8 Å². The number of aromatic nitrogens is 1. The van der Waals surface area contributed by atoms with E-state index in [2.05, 4.69) is 4.98 Å². The maximum Gasteiger partial charge on any atom is 0.326 e. The summed E-state index contributed by atoms with van der Waals surface area (Å²) in [6.07, 6.45) is 1.65. The van der Waals surface area contributed by atoms with E-state index in [1.54, 1.807) is 14.0 Å². The van der Waals surface area contributed by atoms with Crippen LogP contribution in [0.1, 0.15) is 13.3 Å². The highest BCUT2D eigenvalue weighted by atomic mass is 32.2. The Kier molecular flexibility index (Phi) is 5.07. The van der Waals surface area contributed by atoms with E-state index in [1.165, 1.54) is 37.3 Å². The van der Waals surface area contributed by atoms with Gasteiger partial charge in [-0.3, -0.25) is 0 Å². The Labute approximate surface area is 118 Å². The van der Waals surface area contributed by atoms with Crippen molar-refractivity contribution in [3.63, 3.8) is 0 Å². The van der Waals surface area contributed by atoms with Gasteiger partial charge in [-0.25, -0.2) is 22.5 Å². The first-order chi connectivity index (χ1) is 9.21. The van der Waals surface area contributed by atoms with E-state index in [9.17, 15) is 13.2 Å². The van der Waals surface area contributed by atoms with Crippen LogP contribution in [-0.4, -0.2) is 56.0 Å². The number of rotatable bonds is 6. The van der Waals surface area contributed by atoms with Gasteiger partial charge in [-0.1, -0.05) is 6.92 Å². The first-order valence-electron chi connectivity index (χ1n) is 6.06. The number of hydrogen-bond donors (Lipinski definition) is 1. The number of sulfonamides is 1. The molecule has 0 aliphatic heterocycles. The standard InChI is InChI=1S/C12H19N3O4S/c1-5-10(12(16)17)15(4)11-7-6-9(8-13-11)20(18,19)14(2)3/h6-8,10H,5H2,1-4H3,(H,16,17). The lowest BCUT2D eigenvalue weighted by Crippen LogP contribution is -2.38. The summed E-state index contributed by atoms with van der Waals surface area (Å²) in [6.45, 7) is 1.76. The third-order valence-electron chi connectivity index (χ3n) is 3.00. The molecular weight excluding hydrogens is 282 g/mol. The largest absolute Gasteiger partial charge is 0.480 e. The SMILES string of the molecule is CCC(C(=O)O)N(C)c1ccc(S(=O)(=O)N(C)C)cn1. The lowest BCUT2D eigenvalue weighted by atomic mass is 10.2. The summed E-state index contributed by atoms with van der Waals surface area (Å²) in [5.74, 6) is -0.529. The molecule has 0 saturated heterocycles. The number of carbonyl (C=O) groups is 1. The Balaban J connectivity index is 3.06. The van der Waals surface area contributed by atoms with Crippen molar-refractivity contribution in [3.8, 4) is 0 Å². The first kappa shape index (κ1) is 16.4. The molecule has 1 aromatic heterocycles. The molecule has 0 aliphatic rings. The van der Waals surface area contributed by atoms with Crippen molar-refractivity contribution in [3.05, 3.63) is 18.3 Å². The van der Waals surface area contributed by atoms with Crippen LogP contribution >= 0.6 is 0 Å². The van der Waals surface area contributed by atoms with Gasteiger partial charge in [0.1, 0.15) is 16.8 Å². The molecule has 20 heavy (non-hydrogen) atoms. The number of carboxylic acids is 1. The van der Waals surface area contributed by atoms with E-state index in [0.717, 1.165) is 4.31 Å². The average molecular weight is 301 g/mol. The molecule has 0 saturated carbocycles. The third-order valence-corrected chi connectivity index (χ3v) is 4.80. The summed E-state index contributed by atoms with van der Waals surface area (Å²) in [6, 6.07) is 2.23. The minimum absolute atomic E-state index is 0.0722. The molecule has 0 radical (unpaired) electrons. The molecular formula is C12H19N3O4S. The fraction of sp³-hybridized carbons (Fsp3) is 0.500. The van der Waals surface area contributed by atoms with E-state index in [0.29, 0.717) is 12.2 Å². The van der Waals surface area contributed by atoms with Crippen LogP contribution in [0.25, 0.3) is 0 Å². The van der Waals surface area contributed by atoms with Crippen molar-refractivity contribution < 1.29 is 18.3 Å². The van der Waals surface area contributed by atoms with Crippen molar-refractivity contribution in [2.24, 2.45) is 0 Å². The molecule has 0 spiro atoms. The number of anilines is 1. The molecule has 7 nitrogen and oxygen atoms in total. The Morgan fingerprint density at radius 1 is 1.35 bits per heavy atom. The fourth-order valence-corrected chi connectivity index (χ4v) is 2.57. The maximum absolute atomic E-state index is 11.9. The molecule has 1 aromatic rings. The summed E-state index contributed by atoms with van der Waals surface area (Å²) < 4.78 is 24.9. The Hall–Kier alpha value is -1.67. The van der Waals surface area contributed by atoms with Gasteiger partial charge in [0.05, 0.1) is 0 Å². The molecule has 1 unspecified atom stereocenters. The highest BCUT2D eigenvalue weighted by Crippen LogP contribution is 2.18. The molecule has 0 bridgehead atoms. The van der Waals surface area contributed by atoms with E-state index in [4.69, 9.17) is 5.11 Å². The lowest BCUT2D eigenvalue weighted by Gasteiger charge is -2.24. The van der Waals surface area contributed by atoms with Crippen LogP contribution in [0.2, 0.25) is 0 Å². The van der Waals surface area contributed by atoms with Crippen molar-refractivity contribution in [2.45, 2.75) is 24.3 Å². The zero-order valence-electron chi connectivity index (χ0n) is 11.9. The molecule has 1 rings (SSSR count). The molecule has 1 atom stereocenters. The molecule has 112 valence electrons. The Bertz CT molecular complexity index is 569. The number of pyridine rings is 1. The minimum Gasteiger partial charge on any atom is -0.480 e. The van der Waals surface area contributed by atoms with Crippen LogP contribution in [0.5, 0.6) is 0 Å². The summed E-state index contributed by atoms with van der Waals surface area (Å²) >= 11 is 0. The van der Waals surface area contributed by atoms with E-state index in [-0.39, 0.29) is 4.90 Å². The molecule has 0 aliphatic carbocycles. The molecule has 1 heterocycles. The molecule has 8 heteroatoms. The van der Waals surface area contributed by atoms with Gasteiger partial charge in [-0.15, -0.1) is 0 Å². The van der Waals surface area contributed by atoms with Crippen LogP contribution in [0, 0.1) is 0 Å². The zero-order valence-corrected chi connectivity index (χ0v) is 12.8. The average Bonchev–Trinajstić information content (AvgIpc) is 2.38. The number of aliphatic carboxylic acids is 1. The highest BCUT2D eigenvalue weighted by Gasteiger charge is 2.23. The lowest BCUT2D eigenvalue weighted by molar-refractivity contribution is -0.138. The van der Waals surface area contributed by atoms with Gasteiger partial charge in [0, 0.05) is 27.3 Å². The van der Waals surface area contributed by atoms with Gasteiger partial charge >= 0.3 is 5.97 Å². The summed E-state index contributed by atoms with van der Waals surface area (Å²) in [5.41, 5.74) is 0. The van der Waals surface area contributed by atoms with Crippen LogP contribution < -0.4 is 4.90 Å². The summed E-state index contributed by atoms with van der Waals surface area (Å²) in [5, 5.41) is 9.09. The van der Waals surface area contributed by atoms with E-state index >= 15 is 0 Å². The van der Waals surface area contributed by atoms with Gasteiger partial charge < -0.3 is 10.0 Å². The molecule has 0 fully saturated rings. The Morgan fingerprint density at radius 2 is 1.95 bits per heavy atom. The monoisotopic (exact) mass is 301 g/mol. The second-order valence-electron chi connectivity index (χ2n) is 4.51. The third kappa shape index (κ3) is 3.26. The minimum atomic E-state index is -3.53. The van der Waals surface area contributed by atoms with Gasteiger partial charge in [0.15, 0.2) is 0 Å². The fourth-order valence-electron chi connectivity index (χ4n) is 1.72. The smallest absolute Gasteiger partial charge is 0.326 e. The predicted molar refractivity (Wildman–Crippen MR) is 75.2 cm³/mol. The second kappa shape index (κ2) is 6.19.